The molecule has 1 aromatic carbocycles. The highest BCUT2D eigenvalue weighted by molar-refractivity contribution is 5.76. The molecule has 21 heavy (non-hydrogen) atoms. The summed E-state index contributed by atoms with van der Waals surface area (Å²) in [6.07, 6.45) is 4.44. The monoisotopic (exact) mass is 291 g/mol. The first-order chi connectivity index (χ1) is 10.2. The van der Waals surface area contributed by atoms with Crippen LogP contribution in [0.4, 0.5) is 0 Å². The summed E-state index contributed by atoms with van der Waals surface area (Å²) in [4.78, 5) is 14.2. The number of ether oxygens (including phenoxy) is 1. The molecule has 1 aliphatic carbocycles. The van der Waals surface area contributed by atoms with Crippen LogP contribution in [-0.4, -0.2) is 41.7 Å². The maximum atomic E-state index is 12.3. The van der Waals surface area contributed by atoms with Crippen LogP contribution in [0.2, 0.25) is 0 Å². The van der Waals surface area contributed by atoms with Gasteiger partial charge in [0, 0.05) is 19.2 Å². The lowest BCUT2D eigenvalue weighted by Gasteiger charge is -2.37. The van der Waals surface area contributed by atoms with Crippen molar-refractivity contribution < 1.29 is 14.6 Å². The van der Waals surface area contributed by atoms with E-state index in [9.17, 15) is 4.79 Å². The third-order valence-electron chi connectivity index (χ3n) is 4.00. The third kappa shape index (κ3) is 4.74. The van der Waals surface area contributed by atoms with Gasteiger partial charge in [-0.25, -0.2) is 0 Å². The van der Waals surface area contributed by atoms with Gasteiger partial charge in [-0.2, -0.15) is 0 Å². The molecule has 0 bridgehead atoms. The molecule has 0 radical (unpaired) electrons. The van der Waals surface area contributed by atoms with E-state index in [0.29, 0.717) is 32.0 Å². The molecule has 2 rings (SSSR count). The van der Waals surface area contributed by atoms with E-state index in [2.05, 4.69) is 0 Å². The van der Waals surface area contributed by atoms with Crippen LogP contribution >= 0.6 is 0 Å². The van der Waals surface area contributed by atoms with Crippen LogP contribution in [0.3, 0.4) is 0 Å². The summed E-state index contributed by atoms with van der Waals surface area (Å²) < 4.78 is 5.62. The maximum absolute atomic E-state index is 12.3. The first-order valence-corrected chi connectivity index (χ1v) is 7.80. The second kappa shape index (κ2) is 8.03. The minimum Gasteiger partial charge on any atom is -0.493 e. The number of aliphatic hydroxyl groups is 1. The fraction of sp³-hybridized carbons (Fsp3) is 0.588. The standard InChI is InChI=1S/C17H25NO3/c1-14-6-8-16(9-7-14)21-13-10-17(20)18(11-3-12-19)15-4-2-5-15/h6-9,15,19H,2-5,10-13H2,1H3. The lowest BCUT2D eigenvalue weighted by molar-refractivity contribution is -0.136. The summed E-state index contributed by atoms with van der Waals surface area (Å²) >= 11 is 0. The van der Waals surface area contributed by atoms with Gasteiger partial charge in [0.25, 0.3) is 0 Å². The molecule has 0 aromatic heterocycles. The zero-order valence-electron chi connectivity index (χ0n) is 12.8. The fourth-order valence-electron chi connectivity index (χ4n) is 2.48. The van der Waals surface area contributed by atoms with Crippen LogP contribution in [0.1, 0.15) is 37.7 Å². The quantitative estimate of drug-likeness (QED) is 0.800. The first kappa shape index (κ1) is 15.8. The zero-order valence-corrected chi connectivity index (χ0v) is 12.8. The number of nitrogens with zero attached hydrogens (tertiary/aromatic N) is 1. The molecular formula is C17H25NO3. The van der Waals surface area contributed by atoms with Crippen LogP contribution in [-0.2, 0) is 4.79 Å². The van der Waals surface area contributed by atoms with Gasteiger partial charge in [-0.05, 0) is 44.7 Å². The Bertz CT molecular complexity index is 440. The Morgan fingerprint density at radius 3 is 2.62 bits per heavy atom. The Kier molecular flexibility index (Phi) is 6.05. The first-order valence-electron chi connectivity index (χ1n) is 7.80. The van der Waals surface area contributed by atoms with Gasteiger partial charge in [0.1, 0.15) is 5.75 Å². The van der Waals surface area contributed by atoms with E-state index in [1.807, 2.05) is 36.1 Å². The number of carbonyl (C=O) groups excluding carboxylic acids is 1. The van der Waals surface area contributed by atoms with Crippen LogP contribution in [0.25, 0.3) is 0 Å². The number of hydrogen-bond donors (Lipinski definition) is 1. The predicted octanol–water partition coefficient (Wildman–Crippen LogP) is 2.53. The topological polar surface area (TPSA) is 49.8 Å². The number of benzene rings is 1. The number of hydrogen-bond acceptors (Lipinski definition) is 3. The molecular weight excluding hydrogens is 266 g/mol. The summed E-state index contributed by atoms with van der Waals surface area (Å²) in [5.74, 6) is 0.944. The molecule has 0 unspecified atom stereocenters. The normalized spacial score (nSPS) is 14.6. The molecule has 0 aliphatic heterocycles. The summed E-state index contributed by atoms with van der Waals surface area (Å²) in [5.41, 5.74) is 1.19. The molecule has 1 aliphatic rings. The third-order valence-corrected chi connectivity index (χ3v) is 4.00. The molecule has 0 spiro atoms. The average molecular weight is 291 g/mol. The van der Waals surface area contributed by atoms with Gasteiger partial charge in [-0.3, -0.25) is 4.79 Å². The predicted molar refractivity (Wildman–Crippen MR) is 82.3 cm³/mol. The van der Waals surface area contributed by atoms with Gasteiger partial charge in [0.15, 0.2) is 0 Å². The second-order valence-electron chi connectivity index (χ2n) is 5.66. The average Bonchev–Trinajstić information content (AvgIpc) is 2.43. The van der Waals surface area contributed by atoms with E-state index in [-0.39, 0.29) is 12.5 Å². The Morgan fingerprint density at radius 2 is 2.05 bits per heavy atom. The Balaban J connectivity index is 1.77. The van der Waals surface area contributed by atoms with Gasteiger partial charge in [0.2, 0.25) is 5.91 Å². The highest BCUT2D eigenvalue weighted by atomic mass is 16.5. The Labute approximate surface area is 126 Å². The fourth-order valence-corrected chi connectivity index (χ4v) is 2.48. The van der Waals surface area contributed by atoms with Crippen molar-refractivity contribution in [2.24, 2.45) is 0 Å². The van der Waals surface area contributed by atoms with Crippen molar-refractivity contribution in [1.82, 2.24) is 4.90 Å². The van der Waals surface area contributed by atoms with E-state index in [4.69, 9.17) is 9.84 Å². The molecule has 1 fully saturated rings. The summed E-state index contributed by atoms with van der Waals surface area (Å²) in [5, 5.41) is 8.95. The number of aliphatic hydroxyl groups excluding tert-OH is 1. The molecule has 1 N–H and O–H groups in total. The van der Waals surface area contributed by atoms with Gasteiger partial charge < -0.3 is 14.7 Å². The molecule has 4 nitrogen and oxygen atoms in total. The van der Waals surface area contributed by atoms with Crippen molar-refractivity contribution in [2.75, 3.05) is 19.8 Å². The van der Waals surface area contributed by atoms with Gasteiger partial charge in [0.05, 0.1) is 13.0 Å². The van der Waals surface area contributed by atoms with Crippen molar-refractivity contribution in [2.45, 2.75) is 45.1 Å². The molecule has 1 saturated carbocycles. The van der Waals surface area contributed by atoms with Crippen LogP contribution in [0, 0.1) is 6.92 Å². The van der Waals surface area contributed by atoms with E-state index in [0.717, 1.165) is 18.6 Å². The lowest BCUT2D eigenvalue weighted by atomic mass is 9.91. The number of rotatable bonds is 8. The smallest absolute Gasteiger partial charge is 0.226 e. The second-order valence-corrected chi connectivity index (χ2v) is 5.66. The van der Waals surface area contributed by atoms with Crippen LogP contribution < -0.4 is 4.74 Å². The van der Waals surface area contributed by atoms with Gasteiger partial charge in [-0.15, -0.1) is 0 Å². The largest absolute Gasteiger partial charge is 0.493 e. The van der Waals surface area contributed by atoms with E-state index in [1.54, 1.807) is 0 Å². The highest BCUT2D eigenvalue weighted by Gasteiger charge is 2.27. The summed E-state index contributed by atoms with van der Waals surface area (Å²) in [6.45, 7) is 3.23. The number of amides is 1. The van der Waals surface area contributed by atoms with E-state index >= 15 is 0 Å². The van der Waals surface area contributed by atoms with E-state index in [1.165, 1.54) is 12.0 Å². The van der Waals surface area contributed by atoms with Crippen molar-refractivity contribution in [3.05, 3.63) is 29.8 Å². The van der Waals surface area contributed by atoms with Crippen molar-refractivity contribution in [3.8, 4) is 5.75 Å². The van der Waals surface area contributed by atoms with Gasteiger partial charge in [-0.1, -0.05) is 17.7 Å². The molecule has 116 valence electrons. The lowest BCUT2D eigenvalue weighted by Crippen LogP contribution is -2.45. The highest BCUT2D eigenvalue weighted by Crippen LogP contribution is 2.25. The van der Waals surface area contributed by atoms with Gasteiger partial charge >= 0.3 is 0 Å². The zero-order chi connectivity index (χ0) is 15.1. The minimum absolute atomic E-state index is 0.135. The maximum Gasteiger partial charge on any atom is 0.226 e. The van der Waals surface area contributed by atoms with Crippen molar-refractivity contribution in [3.63, 3.8) is 0 Å². The van der Waals surface area contributed by atoms with E-state index < -0.39 is 0 Å². The number of aryl methyl sites for hydroxylation is 1. The molecule has 1 aromatic rings. The SMILES string of the molecule is Cc1ccc(OCCC(=O)N(CCCO)C2CCC2)cc1. The molecule has 0 saturated heterocycles. The molecule has 1 amide bonds. The molecule has 0 atom stereocenters. The van der Waals surface area contributed by atoms with Crippen LogP contribution in [0.5, 0.6) is 5.75 Å². The number of carbonyl (C=O) groups is 1. The molecule has 4 heteroatoms. The van der Waals surface area contributed by atoms with Crippen molar-refractivity contribution >= 4 is 5.91 Å². The van der Waals surface area contributed by atoms with Crippen molar-refractivity contribution in [1.29, 1.82) is 0 Å². The van der Waals surface area contributed by atoms with Crippen LogP contribution in [0.15, 0.2) is 24.3 Å². The summed E-state index contributed by atoms with van der Waals surface area (Å²) in [7, 11) is 0. The minimum atomic E-state index is 0.135. The molecule has 0 heterocycles. The summed E-state index contributed by atoms with van der Waals surface area (Å²) in [6, 6.07) is 8.23. The Morgan fingerprint density at radius 1 is 1.33 bits per heavy atom. The Hall–Kier alpha value is -1.55.